The molecule has 0 spiro atoms. The summed E-state index contributed by atoms with van der Waals surface area (Å²) in [6.45, 7) is 3.93. The highest BCUT2D eigenvalue weighted by Gasteiger charge is 2.37. The van der Waals surface area contributed by atoms with Gasteiger partial charge in [-0.25, -0.2) is 8.78 Å². The predicted molar refractivity (Wildman–Crippen MR) is 125 cm³/mol. The maximum atomic E-state index is 14.5. The number of likely N-dealkylation sites (tertiary alicyclic amines) is 2. The molecule has 0 radical (unpaired) electrons. The lowest BCUT2D eigenvalue weighted by atomic mass is 9.87. The van der Waals surface area contributed by atoms with Gasteiger partial charge in [-0.05, 0) is 44.2 Å². The highest BCUT2D eigenvalue weighted by atomic mass is 19.1. The van der Waals surface area contributed by atoms with Gasteiger partial charge < -0.3 is 9.64 Å². The minimum Gasteiger partial charge on any atom is -0.466 e. The topological polar surface area (TPSA) is 49.9 Å². The summed E-state index contributed by atoms with van der Waals surface area (Å²) in [6, 6.07) is 13.7. The molecule has 1 amide bonds. The smallest absolute Gasteiger partial charge is 0.310 e. The quantitative estimate of drug-likeness (QED) is 0.574. The molecule has 0 N–H and O–H groups in total. The molecule has 0 bridgehead atoms. The first-order valence-corrected chi connectivity index (χ1v) is 12.1. The van der Waals surface area contributed by atoms with E-state index in [0.29, 0.717) is 38.3 Å². The van der Waals surface area contributed by atoms with E-state index in [-0.39, 0.29) is 29.8 Å². The fraction of sp³-hybridized carbons (Fsp3) is 0.481. The molecular formula is C27H32F2N2O3. The van der Waals surface area contributed by atoms with Gasteiger partial charge in [0.2, 0.25) is 5.91 Å². The van der Waals surface area contributed by atoms with E-state index in [9.17, 15) is 18.4 Å². The van der Waals surface area contributed by atoms with Crippen LogP contribution in [-0.4, -0.2) is 47.9 Å². The minimum absolute atomic E-state index is 0.0448. The Hall–Kier alpha value is -2.80. The van der Waals surface area contributed by atoms with E-state index in [2.05, 4.69) is 17.0 Å². The van der Waals surface area contributed by atoms with Crippen LogP contribution >= 0.6 is 0 Å². The summed E-state index contributed by atoms with van der Waals surface area (Å²) >= 11 is 0. The highest BCUT2D eigenvalue weighted by Crippen LogP contribution is 2.36. The molecular weight excluding hydrogens is 438 g/mol. The van der Waals surface area contributed by atoms with Gasteiger partial charge >= 0.3 is 5.97 Å². The summed E-state index contributed by atoms with van der Waals surface area (Å²) in [7, 11) is 0. The first kappa shape index (κ1) is 24.3. The fourth-order valence-corrected chi connectivity index (χ4v) is 5.23. The van der Waals surface area contributed by atoms with Crippen LogP contribution in [0.4, 0.5) is 8.78 Å². The summed E-state index contributed by atoms with van der Waals surface area (Å²) in [5, 5.41) is 0. The van der Waals surface area contributed by atoms with Crippen molar-refractivity contribution in [2.45, 2.75) is 45.2 Å². The highest BCUT2D eigenvalue weighted by molar-refractivity contribution is 5.81. The average molecular weight is 471 g/mol. The molecule has 2 heterocycles. The van der Waals surface area contributed by atoms with E-state index in [4.69, 9.17) is 4.74 Å². The number of hydrogen-bond donors (Lipinski definition) is 0. The SMILES string of the molecule is CCOC(=O)C1CCCN(C(=O)C2CCC(c3ccccc3)N(Cc3ccc(F)cc3F)C2)C1. The molecule has 3 unspecified atom stereocenters. The van der Waals surface area contributed by atoms with Crippen LogP contribution in [0.5, 0.6) is 0 Å². The third-order valence-corrected chi connectivity index (χ3v) is 6.96. The van der Waals surface area contributed by atoms with E-state index in [1.165, 1.54) is 12.1 Å². The maximum absolute atomic E-state index is 14.5. The predicted octanol–water partition coefficient (Wildman–Crippen LogP) is 4.72. The van der Waals surface area contributed by atoms with Crippen molar-refractivity contribution in [2.75, 3.05) is 26.2 Å². The largest absolute Gasteiger partial charge is 0.466 e. The number of halogens is 2. The van der Waals surface area contributed by atoms with Gasteiger partial charge in [0, 0.05) is 43.9 Å². The number of rotatable bonds is 6. The van der Waals surface area contributed by atoms with Crippen molar-refractivity contribution in [2.24, 2.45) is 11.8 Å². The summed E-state index contributed by atoms with van der Waals surface area (Å²) in [5.41, 5.74) is 1.53. The molecule has 2 fully saturated rings. The minimum atomic E-state index is -0.603. The van der Waals surface area contributed by atoms with Crippen molar-refractivity contribution >= 4 is 11.9 Å². The van der Waals surface area contributed by atoms with Gasteiger partial charge in [-0.15, -0.1) is 0 Å². The molecule has 5 nitrogen and oxygen atoms in total. The Kier molecular flexibility index (Phi) is 7.93. The third kappa shape index (κ3) is 5.63. The number of piperidine rings is 2. The van der Waals surface area contributed by atoms with Crippen molar-refractivity contribution < 1.29 is 23.1 Å². The van der Waals surface area contributed by atoms with Crippen molar-refractivity contribution in [3.63, 3.8) is 0 Å². The molecule has 2 aromatic carbocycles. The van der Waals surface area contributed by atoms with Gasteiger partial charge in [0.15, 0.2) is 0 Å². The summed E-state index contributed by atoms with van der Waals surface area (Å²) in [5.74, 6) is -1.87. The summed E-state index contributed by atoms with van der Waals surface area (Å²) in [4.78, 5) is 29.6. The second-order valence-electron chi connectivity index (χ2n) is 9.24. The first-order valence-electron chi connectivity index (χ1n) is 12.1. The van der Waals surface area contributed by atoms with Crippen LogP contribution in [0, 0.1) is 23.5 Å². The van der Waals surface area contributed by atoms with E-state index in [1.54, 1.807) is 11.8 Å². The first-order chi connectivity index (χ1) is 16.5. The molecule has 2 aromatic rings. The monoisotopic (exact) mass is 470 g/mol. The molecule has 7 heteroatoms. The van der Waals surface area contributed by atoms with Crippen LogP contribution < -0.4 is 0 Å². The summed E-state index contributed by atoms with van der Waals surface area (Å²) in [6.07, 6.45) is 3.00. The lowest BCUT2D eigenvalue weighted by Crippen LogP contribution is -2.49. The third-order valence-electron chi connectivity index (χ3n) is 6.96. The van der Waals surface area contributed by atoms with E-state index in [1.807, 2.05) is 18.2 Å². The van der Waals surface area contributed by atoms with Gasteiger partial charge in [0.25, 0.3) is 0 Å². The molecule has 182 valence electrons. The molecule has 2 aliphatic heterocycles. The standard InChI is InChI=1S/C27H32F2N2O3/c1-2-34-27(33)22-9-6-14-30(18-22)26(32)21-11-13-25(19-7-4-3-5-8-19)31(17-21)16-20-10-12-23(28)15-24(20)29/h3-5,7-8,10,12,15,21-22,25H,2,6,9,11,13-14,16-18H2,1H3. The van der Waals surface area contributed by atoms with Crippen LogP contribution in [0.2, 0.25) is 0 Å². The van der Waals surface area contributed by atoms with Crippen molar-refractivity contribution in [1.82, 2.24) is 9.80 Å². The van der Waals surface area contributed by atoms with E-state index >= 15 is 0 Å². The molecule has 0 aromatic heterocycles. The van der Waals surface area contributed by atoms with Crippen molar-refractivity contribution in [1.29, 1.82) is 0 Å². The lowest BCUT2D eigenvalue weighted by Gasteiger charge is -2.42. The maximum Gasteiger partial charge on any atom is 0.310 e. The number of ether oxygens (including phenoxy) is 1. The van der Waals surface area contributed by atoms with Gasteiger partial charge in [-0.1, -0.05) is 36.4 Å². The van der Waals surface area contributed by atoms with Crippen LogP contribution in [0.15, 0.2) is 48.5 Å². The summed E-state index contributed by atoms with van der Waals surface area (Å²) < 4.78 is 33.1. The number of carbonyl (C=O) groups is 2. The van der Waals surface area contributed by atoms with Gasteiger partial charge in [0.05, 0.1) is 18.4 Å². The number of nitrogens with zero attached hydrogens (tertiary/aromatic N) is 2. The Labute approximate surface area is 199 Å². The average Bonchev–Trinajstić information content (AvgIpc) is 2.86. The Balaban J connectivity index is 1.50. The molecule has 0 aliphatic carbocycles. The number of hydrogen-bond acceptors (Lipinski definition) is 4. The zero-order valence-electron chi connectivity index (χ0n) is 19.6. The fourth-order valence-electron chi connectivity index (χ4n) is 5.23. The zero-order chi connectivity index (χ0) is 24.1. The lowest BCUT2D eigenvalue weighted by molar-refractivity contribution is -0.152. The second-order valence-corrected chi connectivity index (χ2v) is 9.24. The Morgan fingerprint density at radius 1 is 1.00 bits per heavy atom. The molecule has 3 atom stereocenters. The number of esters is 1. The Bertz CT molecular complexity index is 1000. The zero-order valence-corrected chi connectivity index (χ0v) is 19.6. The molecule has 34 heavy (non-hydrogen) atoms. The number of amides is 1. The normalized spacial score (nSPS) is 23.5. The number of benzene rings is 2. The van der Waals surface area contributed by atoms with Crippen LogP contribution in [0.25, 0.3) is 0 Å². The molecule has 2 saturated heterocycles. The van der Waals surface area contributed by atoms with Crippen molar-refractivity contribution in [3.05, 3.63) is 71.3 Å². The molecule has 4 rings (SSSR count). The van der Waals surface area contributed by atoms with E-state index < -0.39 is 11.6 Å². The van der Waals surface area contributed by atoms with Gasteiger partial charge in [0.1, 0.15) is 11.6 Å². The van der Waals surface area contributed by atoms with E-state index in [0.717, 1.165) is 37.3 Å². The number of carbonyl (C=O) groups excluding carboxylic acids is 2. The van der Waals surface area contributed by atoms with Crippen LogP contribution in [0.3, 0.4) is 0 Å². The Morgan fingerprint density at radius 2 is 1.79 bits per heavy atom. The van der Waals surface area contributed by atoms with Crippen LogP contribution in [-0.2, 0) is 20.9 Å². The van der Waals surface area contributed by atoms with Crippen molar-refractivity contribution in [3.8, 4) is 0 Å². The molecule has 0 saturated carbocycles. The second kappa shape index (κ2) is 11.1. The van der Waals surface area contributed by atoms with Gasteiger partial charge in [-0.2, -0.15) is 0 Å². The van der Waals surface area contributed by atoms with Crippen LogP contribution in [0.1, 0.15) is 49.8 Å². The van der Waals surface area contributed by atoms with Gasteiger partial charge in [-0.3, -0.25) is 14.5 Å². The Morgan fingerprint density at radius 3 is 2.53 bits per heavy atom. The molecule has 2 aliphatic rings.